The number of nitrogens with two attached hydrogens (primary N) is 1. The van der Waals surface area contributed by atoms with Crippen LogP contribution >= 0.6 is 35.5 Å². The average Bonchev–Trinajstić information content (AvgIpc) is 3.09. The number of thiophene rings is 1. The highest BCUT2D eigenvalue weighted by Crippen LogP contribution is 2.28. The summed E-state index contributed by atoms with van der Waals surface area (Å²) in [4.78, 5) is 27.3. The van der Waals surface area contributed by atoms with Crippen LogP contribution in [-0.2, 0) is 6.54 Å². The van der Waals surface area contributed by atoms with Gasteiger partial charge in [-0.2, -0.15) is 0 Å². The number of carbonyl (C=O) groups excluding carboxylic acids is 1. The molecule has 0 atom stereocenters. The highest BCUT2D eigenvalue weighted by Gasteiger charge is 2.14. The summed E-state index contributed by atoms with van der Waals surface area (Å²) in [6.45, 7) is 4.74. The molecule has 0 radical (unpaired) electrons. The van der Waals surface area contributed by atoms with Gasteiger partial charge in [0.2, 0.25) is 0 Å². The Labute approximate surface area is 166 Å². The van der Waals surface area contributed by atoms with Crippen LogP contribution in [0.2, 0.25) is 0 Å². The number of carbonyl (C=O) groups is 1. The Morgan fingerprint density at radius 3 is 2.85 bits per heavy atom. The van der Waals surface area contributed by atoms with E-state index >= 15 is 0 Å². The van der Waals surface area contributed by atoms with Crippen molar-refractivity contribution in [1.29, 1.82) is 0 Å². The third-order valence-corrected chi connectivity index (χ3v) is 5.53. The normalized spacial score (nSPS) is 10.6. The van der Waals surface area contributed by atoms with Crippen molar-refractivity contribution in [3.8, 4) is 5.75 Å². The van der Waals surface area contributed by atoms with Crippen LogP contribution in [0.25, 0.3) is 11.0 Å². The minimum atomic E-state index is 0. The van der Waals surface area contributed by atoms with Gasteiger partial charge in [0.1, 0.15) is 16.6 Å². The minimum absolute atomic E-state index is 0. The lowest BCUT2D eigenvalue weighted by Crippen LogP contribution is -2.02. The molecule has 0 spiro atoms. The second-order valence-electron chi connectivity index (χ2n) is 5.23. The first-order chi connectivity index (χ1) is 12.1. The number of hydrogen-bond acceptors (Lipinski definition) is 8. The monoisotopic (exact) mass is 410 g/mol. The van der Waals surface area contributed by atoms with E-state index in [0.717, 1.165) is 20.2 Å². The molecule has 3 aromatic heterocycles. The summed E-state index contributed by atoms with van der Waals surface area (Å²) >= 11 is 2.83. The van der Waals surface area contributed by atoms with Crippen LogP contribution in [-0.4, -0.2) is 33.1 Å². The molecule has 3 aromatic rings. The summed E-state index contributed by atoms with van der Waals surface area (Å²) in [5, 5.41) is 1.53. The van der Waals surface area contributed by atoms with Crippen LogP contribution in [0.3, 0.4) is 0 Å². The highest BCUT2D eigenvalue weighted by molar-refractivity contribution is 8.00. The molecule has 0 aromatic carbocycles. The number of fused-ring (bicyclic) bond motifs is 1. The number of halogens is 1. The van der Waals surface area contributed by atoms with Crippen molar-refractivity contribution in [2.45, 2.75) is 25.4 Å². The van der Waals surface area contributed by atoms with E-state index in [1.54, 1.807) is 6.20 Å². The lowest BCUT2D eigenvalue weighted by atomic mass is 10.3. The fraction of sp³-hybridized carbons (Fsp3) is 0.294. The van der Waals surface area contributed by atoms with Crippen molar-refractivity contribution in [3.05, 3.63) is 40.0 Å². The molecular weight excluding hydrogens is 392 g/mol. The van der Waals surface area contributed by atoms with E-state index < -0.39 is 0 Å². The Kier molecular flexibility index (Phi) is 7.33. The zero-order chi connectivity index (χ0) is 17.8. The summed E-state index contributed by atoms with van der Waals surface area (Å²) in [7, 11) is 0. The third kappa shape index (κ3) is 4.70. The summed E-state index contributed by atoms with van der Waals surface area (Å²) < 4.78 is 5.50. The van der Waals surface area contributed by atoms with E-state index in [0.29, 0.717) is 36.1 Å². The molecule has 0 fully saturated rings. The SMILES string of the molecule is CCOc1cnc2nc(C)nc(SCC(=O)c3ccc(CN)s3)c2c1.Cl. The van der Waals surface area contributed by atoms with Gasteiger partial charge in [-0.3, -0.25) is 4.79 Å². The highest BCUT2D eigenvalue weighted by atomic mass is 35.5. The Hall–Kier alpha value is -1.74. The largest absolute Gasteiger partial charge is 0.492 e. The van der Waals surface area contributed by atoms with Gasteiger partial charge in [0, 0.05) is 11.4 Å². The van der Waals surface area contributed by atoms with E-state index in [1.807, 2.05) is 32.0 Å². The zero-order valence-electron chi connectivity index (χ0n) is 14.4. The van der Waals surface area contributed by atoms with Crippen LogP contribution in [0.5, 0.6) is 5.75 Å². The predicted molar refractivity (Wildman–Crippen MR) is 108 cm³/mol. The van der Waals surface area contributed by atoms with Crippen molar-refractivity contribution in [3.63, 3.8) is 0 Å². The fourth-order valence-electron chi connectivity index (χ4n) is 2.27. The minimum Gasteiger partial charge on any atom is -0.492 e. The second kappa shape index (κ2) is 9.27. The lowest BCUT2D eigenvalue weighted by molar-refractivity contribution is 0.102. The van der Waals surface area contributed by atoms with Crippen molar-refractivity contribution in [2.24, 2.45) is 5.73 Å². The number of ether oxygens (including phenoxy) is 1. The number of nitrogens with zero attached hydrogens (tertiary/aromatic N) is 3. The maximum Gasteiger partial charge on any atom is 0.183 e. The van der Waals surface area contributed by atoms with Crippen molar-refractivity contribution in [1.82, 2.24) is 15.0 Å². The topological polar surface area (TPSA) is 91.0 Å². The third-order valence-electron chi connectivity index (χ3n) is 3.39. The summed E-state index contributed by atoms with van der Waals surface area (Å²) in [5.74, 6) is 1.66. The molecule has 0 saturated carbocycles. The van der Waals surface area contributed by atoms with Gasteiger partial charge in [-0.05, 0) is 32.0 Å². The van der Waals surface area contributed by atoms with Gasteiger partial charge in [0.15, 0.2) is 11.4 Å². The molecule has 0 unspecified atom stereocenters. The van der Waals surface area contributed by atoms with Crippen LogP contribution in [0.4, 0.5) is 0 Å². The van der Waals surface area contributed by atoms with Crippen LogP contribution in [0, 0.1) is 6.92 Å². The Bertz CT molecular complexity index is 917. The maximum absolute atomic E-state index is 12.4. The van der Waals surface area contributed by atoms with Gasteiger partial charge in [-0.1, -0.05) is 11.8 Å². The smallest absolute Gasteiger partial charge is 0.183 e. The number of thioether (sulfide) groups is 1. The van der Waals surface area contributed by atoms with E-state index in [1.165, 1.54) is 23.1 Å². The number of Topliss-reactive ketones (excluding diaryl/α,β-unsaturated/α-hetero) is 1. The van der Waals surface area contributed by atoms with Gasteiger partial charge in [0.05, 0.1) is 28.8 Å². The zero-order valence-corrected chi connectivity index (χ0v) is 16.8. The molecule has 0 aliphatic heterocycles. The standard InChI is InChI=1S/C17H18N4O2S2.ClH/c1-3-23-11-6-13-16(19-8-11)20-10(2)21-17(13)24-9-14(22)15-5-4-12(7-18)25-15;/h4-6,8H,3,7,9,18H2,1-2H3;1H. The van der Waals surface area contributed by atoms with E-state index in [-0.39, 0.29) is 18.2 Å². The van der Waals surface area contributed by atoms with E-state index in [9.17, 15) is 4.79 Å². The number of hydrogen-bond donors (Lipinski definition) is 1. The fourth-order valence-corrected chi connectivity index (χ4v) is 4.11. The average molecular weight is 411 g/mol. The number of ketones is 1. The van der Waals surface area contributed by atoms with Crippen molar-refractivity contribution in [2.75, 3.05) is 12.4 Å². The van der Waals surface area contributed by atoms with Gasteiger partial charge in [0.25, 0.3) is 0 Å². The number of rotatable bonds is 7. The van der Waals surface area contributed by atoms with Gasteiger partial charge >= 0.3 is 0 Å². The molecule has 138 valence electrons. The summed E-state index contributed by atoms with van der Waals surface area (Å²) in [6, 6.07) is 5.59. The summed E-state index contributed by atoms with van der Waals surface area (Å²) in [5.41, 5.74) is 6.21. The van der Waals surface area contributed by atoms with Gasteiger partial charge in [-0.25, -0.2) is 15.0 Å². The molecular formula is C17H19ClN4O2S2. The molecule has 3 heterocycles. The maximum atomic E-state index is 12.4. The van der Waals surface area contributed by atoms with Gasteiger partial charge < -0.3 is 10.5 Å². The first kappa shape index (κ1) is 20.6. The molecule has 2 N–H and O–H groups in total. The lowest BCUT2D eigenvalue weighted by Gasteiger charge is -2.08. The quantitative estimate of drug-likeness (QED) is 0.361. The molecule has 0 amide bonds. The van der Waals surface area contributed by atoms with Crippen molar-refractivity contribution >= 4 is 52.3 Å². The Balaban J connectivity index is 0.00000243. The molecule has 26 heavy (non-hydrogen) atoms. The number of pyridine rings is 1. The molecule has 0 aliphatic rings. The molecule has 6 nitrogen and oxygen atoms in total. The van der Waals surface area contributed by atoms with Crippen LogP contribution < -0.4 is 10.5 Å². The molecule has 0 aliphatic carbocycles. The Morgan fingerprint density at radius 1 is 1.35 bits per heavy atom. The van der Waals surface area contributed by atoms with Crippen LogP contribution in [0.1, 0.15) is 27.3 Å². The Morgan fingerprint density at radius 2 is 2.15 bits per heavy atom. The molecule has 3 rings (SSSR count). The second-order valence-corrected chi connectivity index (χ2v) is 7.37. The number of aryl methyl sites for hydroxylation is 1. The molecule has 0 saturated heterocycles. The first-order valence-corrected chi connectivity index (χ1v) is 9.63. The van der Waals surface area contributed by atoms with Gasteiger partial charge in [-0.15, -0.1) is 23.7 Å². The number of aromatic nitrogens is 3. The van der Waals surface area contributed by atoms with Crippen LogP contribution in [0.15, 0.2) is 29.4 Å². The van der Waals surface area contributed by atoms with E-state index in [2.05, 4.69) is 15.0 Å². The first-order valence-electron chi connectivity index (χ1n) is 7.82. The van der Waals surface area contributed by atoms with Crippen molar-refractivity contribution < 1.29 is 9.53 Å². The summed E-state index contributed by atoms with van der Waals surface area (Å²) in [6.07, 6.45) is 1.65. The molecule has 9 heteroatoms. The predicted octanol–water partition coefficient (Wildman–Crippen LogP) is 3.65. The van der Waals surface area contributed by atoms with E-state index in [4.69, 9.17) is 10.5 Å². The molecule has 0 bridgehead atoms.